The summed E-state index contributed by atoms with van der Waals surface area (Å²) in [6, 6.07) is 7.18. The van der Waals surface area contributed by atoms with Gasteiger partial charge in [0.1, 0.15) is 5.76 Å². The van der Waals surface area contributed by atoms with Crippen molar-refractivity contribution in [1.82, 2.24) is 10.3 Å². The number of benzene rings is 1. The van der Waals surface area contributed by atoms with Gasteiger partial charge in [-0.15, -0.1) is 0 Å². The van der Waals surface area contributed by atoms with Gasteiger partial charge in [0, 0.05) is 22.0 Å². The van der Waals surface area contributed by atoms with Crippen molar-refractivity contribution in [3.05, 3.63) is 39.7 Å². The Labute approximate surface area is 131 Å². The van der Waals surface area contributed by atoms with Crippen LogP contribution in [0.4, 0.5) is 0 Å². The number of oxazole rings is 1. The third-order valence-corrected chi connectivity index (χ3v) is 5.22. The minimum Gasteiger partial charge on any atom is -0.436 e. The maximum absolute atomic E-state index is 5.61. The lowest BCUT2D eigenvalue weighted by Crippen LogP contribution is -2.15. The maximum Gasteiger partial charge on any atom is 0.261 e. The molecule has 1 fully saturated rings. The van der Waals surface area contributed by atoms with Crippen LogP contribution in [0.2, 0.25) is 0 Å². The van der Waals surface area contributed by atoms with Crippen LogP contribution in [0.5, 0.6) is 0 Å². The first kappa shape index (κ1) is 14.2. The van der Waals surface area contributed by atoms with Crippen molar-refractivity contribution in [2.75, 3.05) is 0 Å². The fraction of sp³-hybridized carbons (Fsp3) is 0.400. The monoisotopic (exact) mass is 352 g/mol. The molecule has 106 valence electrons. The molecule has 0 saturated heterocycles. The van der Waals surface area contributed by atoms with Crippen molar-refractivity contribution in [3.8, 4) is 0 Å². The molecular weight excluding hydrogens is 336 g/mol. The third kappa shape index (κ3) is 3.45. The van der Waals surface area contributed by atoms with Crippen molar-refractivity contribution in [2.45, 2.75) is 49.4 Å². The molecule has 0 aliphatic heterocycles. The van der Waals surface area contributed by atoms with Gasteiger partial charge in [-0.1, -0.05) is 6.07 Å². The van der Waals surface area contributed by atoms with Crippen molar-refractivity contribution in [3.63, 3.8) is 0 Å². The maximum atomic E-state index is 5.61. The summed E-state index contributed by atoms with van der Waals surface area (Å²) >= 11 is 5.18. The zero-order valence-electron chi connectivity index (χ0n) is 11.6. The quantitative estimate of drug-likeness (QED) is 0.862. The Kier molecular flexibility index (Phi) is 4.19. The van der Waals surface area contributed by atoms with Crippen LogP contribution >= 0.6 is 27.7 Å². The van der Waals surface area contributed by atoms with Crippen molar-refractivity contribution in [2.24, 2.45) is 0 Å². The predicted octanol–water partition coefficient (Wildman–Crippen LogP) is 4.46. The smallest absolute Gasteiger partial charge is 0.261 e. The lowest BCUT2D eigenvalue weighted by atomic mass is 10.2. The summed E-state index contributed by atoms with van der Waals surface area (Å²) in [7, 11) is 0. The summed E-state index contributed by atoms with van der Waals surface area (Å²) in [6.07, 6.45) is 2.63. The summed E-state index contributed by atoms with van der Waals surface area (Å²) in [6.45, 7) is 4.84. The van der Waals surface area contributed by atoms with E-state index in [2.05, 4.69) is 44.4 Å². The first-order chi connectivity index (χ1) is 9.61. The molecule has 1 aromatic carbocycles. The first-order valence-electron chi connectivity index (χ1n) is 6.75. The summed E-state index contributed by atoms with van der Waals surface area (Å²) in [4.78, 5) is 5.53. The molecule has 0 bridgehead atoms. The van der Waals surface area contributed by atoms with E-state index in [0.29, 0.717) is 5.22 Å². The molecule has 5 heteroatoms. The van der Waals surface area contributed by atoms with Crippen LogP contribution in [0.3, 0.4) is 0 Å². The Balaban J connectivity index is 1.69. The van der Waals surface area contributed by atoms with Gasteiger partial charge in [0.2, 0.25) is 0 Å². The average molecular weight is 353 g/mol. The zero-order chi connectivity index (χ0) is 14.1. The molecular formula is C15H17BrN2OS. The van der Waals surface area contributed by atoms with E-state index in [-0.39, 0.29) is 0 Å². The molecule has 3 rings (SSSR count). The third-order valence-electron chi connectivity index (χ3n) is 3.37. The molecule has 2 aromatic rings. The number of halogens is 1. The lowest BCUT2D eigenvalue weighted by molar-refractivity contribution is 0.431. The van der Waals surface area contributed by atoms with Gasteiger partial charge in [0.15, 0.2) is 0 Å². The molecule has 1 saturated carbocycles. The van der Waals surface area contributed by atoms with Crippen LogP contribution < -0.4 is 5.32 Å². The van der Waals surface area contributed by atoms with Gasteiger partial charge >= 0.3 is 0 Å². The van der Waals surface area contributed by atoms with Crippen LogP contribution in [0.15, 0.2) is 37.2 Å². The fourth-order valence-corrected chi connectivity index (χ4v) is 3.37. The standard InChI is InChI=1S/C15H17BrN2OS/c1-9-10(2)19-15(18-9)20-14-6-3-11(7-13(14)16)8-17-12-4-5-12/h3,6-7,12,17H,4-5,8H2,1-2H3. The molecule has 1 aliphatic rings. The lowest BCUT2D eigenvalue weighted by Gasteiger charge is -2.06. The molecule has 1 N–H and O–H groups in total. The van der Waals surface area contributed by atoms with Crippen molar-refractivity contribution in [1.29, 1.82) is 0 Å². The zero-order valence-corrected chi connectivity index (χ0v) is 14.0. The first-order valence-corrected chi connectivity index (χ1v) is 8.36. The Morgan fingerprint density at radius 1 is 1.40 bits per heavy atom. The number of hydrogen-bond donors (Lipinski definition) is 1. The van der Waals surface area contributed by atoms with Gasteiger partial charge < -0.3 is 9.73 Å². The van der Waals surface area contributed by atoms with Crippen LogP contribution in [0.25, 0.3) is 0 Å². The van der Waals surface area contributed by atoms with Crippen LogP contribution in [0.1, 0.15) is 29.9 Å². The highest BCUT2D eigenvalue weighted by atomic mass is 79.9. The Morgan fingerprint density at radius 3 is 2.80 bits per heavy atom. The number of hydrogen-bond acceptors (Lipinski definition) is 4. The summed E-state index contributed by atoms with van der Waals surface area (Å²) in [5.74, 6) is 0.883. The topological polar surface area (TPSA) is 38.1 Å². The van der Waals surface area contributed by atoms with E-state index in [0.717, 1.165) is 33.4 Å². The number of rotatable bonds is 5. The molecule has 0 spiro atoms. The van der Waals surface area contributed by atoms with Crippen molar-refractivity contribution >= 4 is 27.7 Å². The van der Waals surface area contributed by atoms with Gasteiger partial charge in [-0.2, -0.15) is 0 Å². The van der Waals surface area contributed by atoms with Gasteiger partial charge in [0.25, 0.3) is 5.22 Å². The minimum atomic E-state index is 0.699. The Morgan fingerprint density at radius 2 is 2.20 bits per heavy atom. The van der Waals surface area contributed by atoms with Crippen LogP contribution in [0, 0.1) is 13.8 Å². The number of aromatic nitrogens is 1. The SMILES string of the molecule is Cc1nc(Sc2ccc(CNC3CC3)cc2Br)oc1C. The number of nitrogens with one attached hydrogen (secondary N) is 1. The van der Waals surface area contributed by atoms with E-state index < -0.39 is 0 Å². The summed E-state index contributed by atoms with van der Waals surface area (Å²) in [5, 5.41) is 4.22. The fourth-order valence-electron chi connectivity index (χ4n) is 1.87. The highest BCUT2D eigenvalue weighted by molar-refractivity contribution is 9.10. The minimum absolute atomic E-state index is 0.699. The van der Waals surface area contributed by atoms with E-state index in [1.807, 2.05) is 13.8 Å². The average Bonchev–Trinajstić information content (AvgIpc) is 3.18. The van der Waals surface area contributed by atoms with E-state index >= 15 is 0 Å². The molecule has 1 heterocycles. The second-order valence-corrected chi connectivity index (χ2v) is 6.99. The second-order valence-electron chi connectivity index (χ2n) is 5.14. The van der Waals surface area contributed by atoms with Gasteiger partial charge in [-0.3, -0.25) is 0 Å². The summed E-state index contributed by atoms with van der Waals surface area (Å²) in [5.41, 5.74) is 2.25. The van der Waals surface area contributed by atoms with Gasteiger partial charge in [-0.05, 0) is 72.1 Å². The van der Waals surface area contributed by atoms with Crippen LogP contribution in [-0.4, -0.2) is 11.0 Å². The number of nitrogens with zero attached hydrogens (tertiary/aromatic N) is 1. The van der Waals surface area contributed by atoms with E-state index in [9.17, 15) is 0 Å². The van der Waals surface area contributed by atoms with Gasteiger partial charge in [0.05, 0.1) is 5.69 Å². The normalized spacial score (nSPS) is 14.8. The molecule has 0 radical (unpaired) electrons. The van der Waals surface area contributed by atoms with E-state index in [1.165, 1.54) is 18.4 Å². The van der Waals surface area contributed by atoms with E-state index in [4.69, 9.17) is 4.42 Å². The molecule has 0 amide bonds. The van der Waals surface area contributed by atoms with Gasteiger partial charge in [-0.25, -0.2) is 4.98 Å². The molecule has 1 aromatic heterocycles. The molecule has 0 unspecified atom stereocenters. The molecule has 3 nitrogen and oxygen atoms in total. The highest BCUT2D eigenvalue weighted by Crippen LogP contribution is 2.34. The molecule has 0 atom stereocenters. The predicted molar refractivity (Wildman–Crippen MR) is 84.1 cm³/mol. The summed E-state index contributed by atoms with van der Waals surface area (Å²) < 4.78 is 6.70. The largest absolute Gasteiger partial charge is 0.436 e. The molecule has 1 aliphatic carbocycles. The number of aryl methyl sites for hydroxylation is 2. The Bertz CT molecular complexity index is 603. The molecule has 20 heavy (non-hydrogen) atoms. The van der Waals surface area contributed by atoms with Crippen LogP contribution in [-0.2, 0) is 6.54 Å². The Hall–Kier alpha value is -0.780. The highest BCUT2D eigenvalue weighted by Gasteiger charge is 2.20. The second kappa shape index (κ2) is 5.92. The van der Waals surface area contributed by atoms with E-state index in [1.54, 1.807) is 11.8 Å². The van der Waals surface area contributed by atoms with Crippen molar-refractivity contribution < 1.29 is 4.42 Å².